The van der Waals surface area contributed by atoms with Gasteiger partial charge in [0.1, 0.15) is 0 Å². The molecule has 0 spiro atoms. The molecule has 2 aliphatic rings. The molecule has 2 aliphatic heterocycles. The first-order chi connectivity index (χ1) is 9.36. The van der Waals surface area contributed by atoms with Crippen LogP contribution < -0.4 is 5.32 Å². The van der Waals surface area contributed by atoms with Gasteiger partial charge in [-0.2, -0.15) is 0 Å². The second-order valence-electron chi connectivity index (χ2n) is 5.76. The SMILES string of the molecule is CCc1ccccc1CN1CC(N2CCNCC2)C1. The lowest BCUT2D eigenvalue weighted by Gasteiger charge is -2.47. The van der Waals surface area contributed by atoms with Crippen molar-refractivity contribution in [3.63, 3.8) is 0 Å². The van der Waals surface area contributed by atoms with E-state index in [-0.39, 0.29) is 0 Å². The summed E-state index contributed by atoms with van der Waals surface area (Å²) in [4.78, 5) is 5.24. The molecule has 0 radical (unpaired) electrons. The van der Waals surface area contributed by atoms with Gasteiger partial charge in [-0.25, -0.2) is 0 Å². The molecule has 0 amide bonds. The van der Waals surface area contributed by atoms with Gasteiger partial charge >= 0.3 is 0 Å². The van der Waals surface area contributed by atoms with E-state index in [1.54, 1.807) is 0 Å². The fraction of sp³-hybridized carbons (Fsp3) is 0.625. The van der Waals surface area contributed by atoms with Crippen LogP contribution in [0.4, 0.5) is 0 Å². The lowest BCUT2D eigenvalue weighted by atomic mass is 10.0. The predicted molar refractivity (Wildman–Crippen MR) is 79.3 cm³/mol. The minimum atomic E-state index is 0.802. The number of piperazine rings is 1. The summed E-state index contributed by atoms with van der Waals surface area (Å²) < 4.78 is 0. The highest BCUT2D eigenvalue weighted by Crippen LogP contribution is 2.20. The maximum Gasteiger partial charge on any atom is 0.0351 e. The number of likely N-dealkylation sites (tertiary alicyclic amines) is 1. The summed E-state index contributed by atoms with van der Waals surface area (Å²) in [5, 5.41) is 3.43. The Morgan fingerprint density at radius 2 is 1.79 bits per heavy atom. The van der Waals surface area contributed by atoms with Gasteiger partial charge in [0.05, 0.1) is 0 Å². The van der Waals surface area contributed by atoms with Crippen molar-refractivity contribution < 1.29 is 0 Å². The average molecular weight is 259 g/mol. The number of hydrogen-bond acceptors (Lipinski definition) is 3. The summed E-state index contributed by atoms with van der Waals surface area (Å²) in [6.07, 6.45) is 1.14. The van der Waals surface area contributed by atoms with Crippen LogP contribution in [0.15, 0.2) is 24.3 Å². The Bertz CT molecular complexity index is 406. The minimum absolute atomic E-state index is 0.802. The number of nitrogens with zero attached hydrogens (tertiary/aromatic N) is 2. The molecule has 104 valence electrons. The van der Waals surface area contributed by atoms with Gasteiger partial charge in [-0.15, -0.1) is 0 Å². The molecule has 0 unspecified atom stereocenters. The highest BCUT2D eigenvalue weighted by atomic mass is 15.3. The highest BCUT2D eigenvalue weighted by Gasteiger charge is 2.32. The predicted octanol–water partition coefficient (Wildman–Crippen LogP) is 1.34. The summed E-state index contributed by atoms with van der Waals surface area (Å²) in [5.41, 5.74) is 3.02. The van der Waals surface area contributed by atoms with Crippen LogP contribution >= 0.6 is 0 Å². The zero-order valence-corrected chi connectivity index (χ0v) is 11.9. The monoisotopic (exact) mass is 259 g/mol. The van der Waals surface area contributed by atoms with E-state index in [0.29, 0.717) is 0 Å². The number of hydrogen-bond donors (Lipinski definition) is 1. The summed E-state index contributed by atoms with van der Waals surface area (Å²) in [5.74, 6) is 0. The standard InChI is InChI=1S/C16H25N3/c1-2-14-5-3-4-6-15(14)11-18-12-16(13-18)19-9-7-17-8-10-19/h3-6,16-17H,2,7-13H2,1H3. The lowest BCUT2D eigenvalue weighted by Crippen LogP contribution is -2.62. The topological polar surface area (TPSA) is 18.5 Å². The zero-order valence-electron chi connectivity index (χ0n) is 11.9. The van der Waals surface area contributed by atoms with Gasteiger partial charge in [0, 0.05) is 51.9 Å². The number of rotatable bonds is 4. The first-order valence-corrected chi connectivity index (χ1v) is 7.60. The third-order valence-electron chi connectivity index (χ3n) is 4.50. The molecule has 19 heavy (non-hydrogen) atoms. The van der Waals surface area contributed by atoms with E-state index in [2.05, 4.69) is 46.3 Å². The van der Waals surface area contributed by atoms with Crippen LogP contribution in [0.25, 0.3) is 0 Å². The molecule has 0 bridgehead atoms. The van der Waals surface area contributed by atoms with Crippen molar-refractivity contribution in [3.05, 3.63) is 35.4 Å². The van der Waals surface area contributed by atoms with E-state index in [4.69, 9.17) is 0 Å². The molecule has 1 N–H and O–H groups in total. The minimum Gasteiger partial charge on any atom is -0.314 e. The molecule has 1 aromatic rings. The number of aryl methyl sites for hydroxylation is 1. The molecular weight excluding hydrogens is 234 g/mol. The molecule has 0 aromatic heterocycles. The summed E-state index contributed by atoms with van der Waals surface area (Å²) in [7, 11) is 0. The summed E-state index contributed by atoms with van der Waals surface area (Å²) >= 11 is 0. The van der Waals surface area contributed by atoms with E-state index in [1.165, 1.54) is 37.3 Å². The average Bonchev–Trinajstić information content (AvgIpc) is 2.43. The fourth-order valence-corrected chi connectivity index (χ4v) is 3.25. The van der Waals surface area contributed by atoms with Crippen LogP contribution in [0.5, 0.6) is 0 Å². The maximum absolute atomic E-state index is 3.43. The molecule has 3 heteroatoms. The molecule has 0 aliphatic carbocycles. The van der Waals surface area contributed by atoms with Crippen LogP contribution in [0.3, 0.4) is 0 Å². The highest BCUT2D eigenvalue weighted by molar-refractivity contribution is 5.27. The van der Waals surface area contributed by atoms with Gasteiger partial charge < -0.3 is 5.32 Å². The summed E-state index contributed by atoms with van der Waals surface area (Å²) in [6.45, 7) is 10.7. The van der Waals surface area contributed by atoms with Crippen LogP contribution in [-0.4, -0.2) is 55.1 Å². The van der Waals surface area contributed by atoms with Crippen molar-refractivity contribution in [3.8, 4) is 0 Å². The van der Waals surface area contributed by atoms with Crippen molar-refractivity contribution in [1.82, 2.24) is 15.1 Å². The van der Waals surface area contributed by atoms with Crippen molar-refractivity contribution in [1.29, 1.82) is 0 Å². The first kappa shape index (κ1) is 13.1. The Hall–Kier alpha value is -0.900. The Morgan fingerprint density at radius 3 is 2.47 bits per heavy atom. The molecule has 2 saturated heterocycles. The summed E-state index contributed by atoms with van der Waals surface area (Å²) in [6, 6.07) is 9.68. The van der Waals surface area contributed by atoms with Crippen molar-refractivity contribution in [2.24, 2.45) is 0 Å². The van der Waals surface area contributed by atoms with Crippen LogP contribution in [0, 0.1) is 0 Å². The Kier molecular flexibility index (Phi) is 4.16. The third-order valence-corrected chi connectivity index (χ3v) is 4.50. The fourth-order valence-electron chi connectivity index (χ4n) is 3.25. The van der Waals surface area contributed by atoms with Crippen molar-refractivity contribution >= 4 is 0 Å². The molecule has 3 nitrogen and oxygen atoms in total. The van der Waals surface area contributed by atoms with E-state index in [9.17, 15) is 0 Å². The maximum atomic E-state index is 3.43. The van der Waals surface area contributed by atoms with E-state index >= 15 is 0 Å². The molecule has 1 aromatic carbocycles. The van der Waals surface area contributed by atoms with Crippen molar-refractivity contribution in [2.75, 3.05) is 39.3 Å². The number of benzene rings is 1. The molecule has 2 heterocycles. The van der Waals surface area contributed by atoms with Gasteiger partial charge in [0.2, 0.25) is 0 Å². The van der Waals surface area contributed by atoms with E-state index in [1.807, 2.05) is 0 Å². The Balaban J connectivity index is 1.51. The van der Waals surface area contributed by atoms with Crippen LogP contribution in [0.2, 0.25) is 0 Å². The smallest absolute Gasteiger partial charge is 0.0351 e. The third kappa shape index (κ3) is 2.99. The van der Waals surface area contributed by atoms with Gasteiger partial charge in [-0.3, -0.25) is 9.80 Å². The molecule has 0 atom stereocenters. The largest absolute Gasteiger partial charge is 0.314 e. The second kappa shape index (κ2) is 6.04. The normalized spacial score (nSPS) is 22.4. The van der Waals surface area contributed by atoms with Gasteiger partial charge in [0.15, 0.2) is 0 Å². The van der Waals surface area contributed by atoms with Gasteiger partial charge in [0.25, 0.3) is 0 Å². The van der Waals surface area contributed by atoms with Crippen molar-refractivity contribution in [2.45, 2.75) is 25.9 Å². The second-order valence-corrected chi connectivity index (χ2v) is 5.76. The van der Waals surface area contributed by atoms with Gasteiger partial charge in [-0.1, -0.05) is 31.2 Å². The number of nitrogens with one attached hydrogen (secondary N) is 1. The van der Waals surface area contributed by atoms with Gasteiger partial charge in [-0.05, 0) is 17.5 Å². The molecule has 2 fully saturated rings. The lowest BCUT2D eigenvalue weighted by molar-refractivity contribution is 0.0222. The molecule has 0 saturated carbocycles. The van der Waals surface area contributed by atoms with Crippen LogP contribution in [-0.2, 0) is 13.0 Å². The Morgan fingerprint density at radius 1 is 1.11 bits per heavy atom. The first-order valence-electron chi connectivity index (χ1n) is 7.60. The Labute approximate surface area is 116 Å². The molecule has 3 rings (SSSR count). The molecular formula is C16H25N3. The quantitative estimate of drug-likeness (QED) is 0.880. The van der Waals surface area contributed by atoms with E-state index in [0.717, 1.165) is 32.1 Å². The van der Waals surface area contributed by atoms with Crippen LogP contribution in [0.1, 0.15) is 18.1 Å². The van der Waals surface area contributed by atoms with E-state index < -0.39 is 0 Å². The zero-order chi connectivity index (χ0) is 13.1.